The first-order valence-corrected chi connectivity index (χ1v) is 9.27. The zero-order valence-corrected chi connectivity index (χ0v) is 17.2. The number of aromatic hydroxyl groups is 1. The largest absolute Gasteiger partial charge is 0.504 e. The second-order valence-corrected chi connectivity index (χ2v) is 6.83. The molecule has 3 aromatic rings. The van der Waals surface area contributed by atoms with Crippen molar-refractivity contribution in [3.8, 4) is 11.5 Å². The van der Waals surface area contributed by atoms with Crippen molar-refractivity contribution in [3.05, 3.63) is 80.7 Å². The minimum absolute atomic E-state index is 0.0321. The Hall–Kier alpha value is -4.21. The zero-order valence-electron chi connectivity index (χ0n) is 17.2. The number of nitrogens with zero attached hydrogens (tertiary/aromatic N) is 4. The highest BCUT2D eigenvalue weighted by molar-refractivity contribution is 5.95. The van der Waals surface area contributed by atoms with E-state index in [1.54, 1.807) is 18.2 Å². The van der Waals surface area contributed by atoms with Crippen molar-refractivity contribution in [1.82, 2.24) is 15.2 Å². The molecule has 160 valence electrons. The lowest BCUT2D eigenvalue weighted by Gasteiger charge is -2.07. The summed E-state index contributed by atoms with van der Waals surface area (Å²) in [6.45, 7) is 4.40. The van der Waals surface area contributed by atoms with Crippen molar-refractivity contribution in [1.29, 1.82) is 0 Å². The van der Waals surface area contributed by atoms with Gasteiger partial charge in [-0.15, -0.1) is 0 Å². The molecule has 0 bridgehead atoms. The molecule has 0 aliphatic heterocycles. The van der Waals surface area contributed by atoms with Gasteiger partial charge in [-0.25, -0.2) is 5.43 Å². The molecule has 3 rings (SSSR count). The van der Waals surface area contributed by atoms with Gasteiger partial charge in [0.05, 0.1) is 36.6 Å². The van der Waals surface area contributed by atoms with E-state index in [4.69, 9.17) is 4.74 Å². The summed E-state index contributed by atoms with van der Waals surface area (Å²) >= 11 is 0. The number of nitrogens with one attached hydrogen (secondary N) is 1. The number of nitro groups is 1. The van der Waals surface area contributed by atoms with Gasteiger partial charge in [0.25, 0.3) is 11.6 Å². The Labute approximate surface area is 177 Å². The molecule has 0 aliphatic carbocycles. The van der Waals surface area contributed by atoms with Crippen molar-refractivity contribution in [2.24, 2.45) is 5.10 Å². The van der Waals surface area contributed by atoms with Crippen LogP contribution in [0.1, 0.15) is 32.9 Å². The van der Waals surface area contributed by atoms with Crippen LogP contribution in [0.2, 0.25) is 0 Å². The molecule has 2 N–H and O–H groups in total. The fourth-order valence-corrected chi connectivity index (χ4v) is 3.02. The number of carbonyl (C=O) groups is 1. The van der Waals surface area contributed by atoms with Crippen molar-refractivity contribution >= 4 is 17.8 Å². The number of phenolic OH excluding ortho intramolecular Hbond substituents is 1. The molecule has 0 aliphatic rings. The maximum atomic E-state index is 12.5. The van der Waals surface area contributed by atoms with Gasteiger partial charge in [0.2, 0.25) is 0 Å². The SMILES string of the molecule is COc1cc([N+](=O)[O-])cc(C=NNC(=O)c2cccc(Cn3nc(C)cc3C)c2)c1O. The van der Waals surface area contributed by atoms with Crippen LogP contribution in [0.5, 0.6) is 11.5 Å². The van der Waals surface area contributed by atoms with Gasteiger partial charge in [0.15, 0.2) is 11.5 Å². The normalized spacial score (nSPS) is 10.9. The third kappa shape index (κ3) is 5.04. The van der Waals surface area contributed by atoms with Crippen molar-refractivity contribution < 1.29 is 19.6 Å². The number of amides is 1. The number of nitro benzene ring substituents is 1. The monoisotopic (exact) mass is 423 g/mol. The number of methoxy groups -OCH3 is 1. The molecule has 0 atom stereocenters. The van der Waals surface area contributed by atoms with E-state index in [1.807, 2.05) is 30.7 Å². The molecule has 10 heteroatoms. The number of hydrogen-bond acceptors (Lipinski definition) is 7. The van der Waals surface area contributed by atoms with Gasteiger partial charge in [-0.1, -0.05) is 12.1 Å². The molecule has 10 nitrogen and oxygen atoms in total. The maximum Gasteiger partial charge on any atom is 0.274 e. The van der Waals surface area contributed by atoms with Gasteiger partial charge in [-0.2, -0.15) is 10.2 Å². The highest BCUT2D eigenvalue weighted by Gasteiger charge is 2.16. The van der Waals surface area contributed by atoms with Crippen LogP contribution in [0.25, 0.3) is 0 Å². The number of hydrazone groups is 1. The number of aryl methyl sites for hydroxylation is 2. The highest BCUT2D eigenvalue weighted by Crippen LogP contribution is 2.33. The van der Waals surface area contributed by atoms with Gasteiger partial charge in [0, 0.05) is 22.9 Å². The topological polar surface area (TPSA) is 132 Å². The van der Waals surface area contributed by atoms with E-state index < -0.39 is 10.8 Å². The maximum absolute atomic E-state index is 12.5. The van der Waals surface area contributed by atoms with Crippen LogP contribution >= 0.6 is 0 Å². The predicted molar refractivity (Wildman–Crippen MR) is 114 cm³/mol. The second kappa shape index (κ2) is 9.08. The molecule has 0 spiro atoms. The predicted octanol–water partition coefficient (Wildman–Crippen LogP) is 2.93. The second-order valence-electron chi connectivity index (χ2n) is 6.83. The smallest absolute Gasteiger partial charge is 0.274 e. The van der Waals surface area contributed by atoms with Crippen LogP contribution < -0.4 is 10.2 Å². The molecule has 1 amide bonds. The van der Waals surface area contributed by atoms with Crippen LogP contribution in [0.4, 0.5) is 5.69 Å². The first-order valence-electron chi connectivity index (χ1n) is 9.27. The van der Waals surface area contributed by atoms with E-state index >= 15 is 0 Å². The molecule has 0 saturated heterocycles. The van der Waals surface area contributed by atoms with Crippen molar-refractivity contribution in [2.75, 3.05) is 7.11 Å². The lowest BCUT2D eigenvalue weighted by Crippen LogP contribution is -2.18. The molecule has 0 unspecified atom stereocenters. The summed E-state index contributed by atoms with van der Waals surface area (Å²) in [4.78, 5) is 22.9. The lowest BCUT2D eigenvalue weighted by atomic mass is 10.1. The highest BCUT2D eigenvalue weighted by atomic mass is 16.6. The fraction of sp³-hybridized carbons (Fsp3) is 0.190. The number of aromatic nitrogens is 2. The summed E-state index contributed by atoms with van der Waals surface area (Å²) in [6.07, 6.45) is 1.11. The van der Waals surface area contributed by atoms with Gasteiger partial charge in [-0.3, -0.25) is 19.6 Å². The summed E-state index contributed by atoms with van der Waals surface area (Å²) in [6, 6.07) is 11.2. The van der Waals surface area contributed by atoms with E-state index in [2.05, 4.69) is 15.6 Å². The Balaban J connectivity index is 1.74. The quantitative estimate of drug-likeness (QED) is 0.341. The number of benzene rings is 2. The third-order valence-corrected chi connectivity index (χ3v) is 4.51. The number of hydrogen-bond donors (Lipinski definition) is 2. The van der Waals surface area contributed by atoms with Crippen LogP contribution in [-0.2, 0) is 6.54 Å². The summed E-state index contributed by atoms with van der Waals surface area (Å²) in [5.41, 5.74) is 5.32. The van der Waals surface area contributed by atoms with E-state index in [1.165, 1.54) is 7.11 Å². The van der Waals surface area contributed by atoms with Crippen LogP contribution in [0, 0.1) is 24.0 Å². The molecular formula is C21H21N5O5. The Morgan fingerprint density at radius 2 is 2.10 bits per heavy atom. The first kappa shape index (κ1) is 21.5. The number of ether oxygens (including phenoxy) is 1. The number of phenols is 1. The molecule has 1 aromatic heterocycles. The lowest BCUT2D eigenvalue weighted by molar-refractivity contribution is -0.385. The summed E-state index contributed by atoms with van der Waals surface area (Å²) < 4.78 is 6.78. The molecular weight excluding hydrogens is 402 g/mol. The Bertz CT molecular complexity index is 1170. The van der Waals surface area contributed by atoms with Crippen LogP contribution in [-0.4, -0.2) is 39.0 Å². The third-order valence-electron chi connectivity index (χ3n) is 4.51. The van der Waals surface area contributed by atoms with Gasteiger partial charge >= 0.3 is 0 Å². The van der Waals surface area contributed by atoms with E-state index in [0.717, 1.165) is 35.3 Å². The minimum atomic E-state index is -0.619. The van der Waals surface area contributed by atoms with Crippen molar-refractivity contribution in [3.63, 3.8) is 0 Å². The van der Waals surface area contributed by atoms with Crippen LogP contribution in [0.15, 0.2) is 47.6 Å². The van der Waals surface area contributed by atoms with E-state index in [0.29, 0.717) is 12.1 Å². The van der Waals surface area contributed by atoms with Gasteiger partial charge < -0.3 is 9.84 Å². The summed E-state index contributed by atoms with van der Waals surface area (Å²) in [5, 5.41) is 29.4. The zero-order chi connectivity index (χ0) is 22.5. The molecule has 0 fully saturated rings. The summed E-state index contributed by atoms with van der Waals surface area (Å²) in [7, 11) is 1.28. The Morgan fingerprint density at radius 1 is 1.32 bits per heavy atom. The van der Waals surface area contributed by atoms with Crippen molar-refractivity contribution in [2.45, 2.75) is 20.4 Å². The van der Waals surface area contributed by atoms with E-state index in [9.17, 15) is 20.0 Å². The van der Waals surface area contributed by atoms with Gasteiger partial charge in [-0.05, 0) is 37.6 Å². The molecule has 2 aromatic carbocycles. The number of rotatable bonds is 7. The average molecular weight is 423 g/mol. The molecule has 0 saturated carbocycles. The van der Waals surface area contributed by atoms with Crippen LogP contribution in [0.3, 0.4) is 0 Å². The molecule has 31 heavy (non-hydrogen) atoms. The standard InChI is InChI=1S/C21H21N5O5/c1-13-7-14(2)25(24-13)12-15-5-4-6-16(8-15)21(28)23-22-11-17-9-18(26(29)30)10-19(31-3)20(17)27/h4-11,27H,12H2,1-3H3,(H,23,28). The average Bonchev–Trinajstić information content (AvgIpc) is 3.05. The molecule has 1 heterocycles. The number of carbonyl (C=O) groups excluding carboxylic acids is 1. The first-order chi connectivity index (χ1) is 14.8. The van der Waals surface area contributed by atoms with Gasteiger partial charge in [0.1, 0.15) is 0 Å². The fourth-order valence-electron chi connectivity index (χ4n) is 3.02. The Morgan fingerprint density at radius 3 is 2.74 bits per heavy atom. The number of non-ortho nitro benzene ring substituents is 1. The summed E-state index contributed by atoms with van der Waals surface area (Å²) in [5.74, 6) is -0.861. The Kier molecular flexibility index (Phi) is 6.29. The van der Waals surface area contributed by atoms with E-state index in [-0.39, 0.29) is 22.7 Å². The minimum Gasteiger partial charge on any atom is -0.504 e. The molecule has 0 radical (unpaired) electrons.